The number of nitrogens with one attached hydrogen (secondary N) is 2. The summed E-state index contributed by atoms with van der Waals surface area (Å²) in [5.74, 6) is 0.129. The third-order valence-corrected chi connectivity index (χ3v) is 4.27. The van der Waals surface area contributed by atoms with E-state index < -0.39 is 5.69 Å². The van der Waals surface area contributed by atoms with Crippen molar-refractivity contribution in [2.45, 2.75) is 53.1 Å². The number of H-pyrrole nitrogens is 1. The summed E-state index contributed by atoms with van der Waals surface area (Å²) in [6.07, 6.45) is 0.840. The van der Waals surface area contributed by atoms with Crippen LogP contribution in [0.3, 0.4) is 0 Å². The summed E-state index contributed by atoms with van der Waals surface area (Å²) in [4.78, 5) is 39.6. The van der Waals surface area contributed by atoms with Gasteiger partial charge in [-0.3, -0.25) is 14.2 Å². The van der Waals surface area contributed by atoms with Crippen molar-refractivity contribution in [2.24, 2.45) is 5.92 Å². The number of fused-ring (bicyclic) bond motifs is 1. The van der Waals surface area contributed by atoms with E-state index >= 15 is 0 Å². The zero-order valence-electron chi connectivity index (χ0n) is 14.8. The van der Waals surface area contributed by atoms with Gasteiger partial charge in [-0.15, -0.1) is 0 Å². The van der Waals surface area contributed by atoms with E-state index in [0.29, 0.717) is 22.4 Å². The topological polar surface area (TPSA) is 84.0 Å². The first-order chi connectivity index (χ1) is 11.3. The van der Waals surface area contributed by atoms with Gasteiger partial charge >= 0.3 is 5.69 Å². The average Bonchev–Trinajstić information content (AvgIpc) is 2.50. The maximum absolute atomic E-state index is 12.4. The Morgan fingerprint density at radius 3 is 2.42 bits per heavy atom. The molecule has 0 unspecified atom stereocenters. The number of aromatic nitrogens is 2. The molecule has 1 amide bonds. The standard InChI is InChI=1S/C18H25N3O3/c1-6-14(10(2)3)19-16(22)12-7-8-13-15(9-12)20-18(24)21(11(4)5)17(13)23/h7-11,14H,6H2,1-5H3,(H,19,22)(H,20,24)/t14-/m1/s1. The molecule has 0 aliphatic carbocycles. The summed E-state index contributed by atoms with van der Waals surface area (Å²) in [5, 5.41) is 3.39. The molecule has 6 heteroatoms. The summed E-state index contributed by atoms with van der Waals surface area (Å²) in [6, 6.07) is 4.63. The first-order valence-electron chi connectivity index (χ1n) is 8.35. The van der Waals surface area contributed by atoms with Gasteiger partial charge in [0.25, 0.3) is 11.5 Å². The third-order valence-electron chi connectivity index (χ3n) is 4.27. The highest BCUT2D eigenvalue weighted by Gasteiger charge is 2.17. The van der Waals surface area contributed by atoms with Crippen LogP contribution in [0, 0.1) is 5.92 Å². The number of amides is 1. The van der Waals surface area contributed by atoms with Crippen molar-refractivity contribution in [2.75, 3.05) is 0 Å². The Morgan fingerprint density at radius 1 is 1.21 bits per heavy atom. The molecule has 0 aliphatic rings. The van der Waals surface area contributed by atoms with Crippen LogP contribution in [-0.2, 0) is 0 Å². The number of hydrogen-bond acceptors (Lipinski definition) is 3. The lowest BCUT2D eigenvalue weighted by atomic mass is 10.0. The van der Waals surface area contributed by atoms with Gasteiger partial charge in [0.2, 0.25) is 0 Å². The van der Waals surface area contributed by atoms with Crippen molar-refractivity contribution in [1.82, 2.24) is 14.9 Å². The quantitative estimate of drug-likeness (QED) is 0.882. The van der Waals surface area contributed by atoms with E-state index in [1.54, 1.807) is 32.0 Å². The number of benzene rings is 1. The molecule has 0 fully saturated rings. The highest BCUT2D eigenvalue weighted by Crippen LogP contribution is 2.12. The maximum Gasteiger partial charge on any atom is 0.329 e. The van der Waals surface area contributed by atoms with Crippen molar-refractivity contribution >= 4 is 16.8 Å². The average molecular weight is 331 g/mol. The van der Waals surface area contributed by atoms with Crippen LogP contribution in [-0.4, -0.2) is 21.5 Å². The van der Waals surface area contributed by atoms with Crippen LogP contribution in [0.4, 0.5) is 0 Å². The lowest BCUT2D eigenvalue weighted by Crippen LogP contribution is -2.38. The molecule has 6 nitrogen and oxygen atoms in total. The summed E-state index contributed by atoms with van der Waals surface area (Å²) in [5.41, 5.74) is 0.00379. The van der Waals surface area contributed by atoms with Crippen LogP contribution >= 0.6 is 0 Å². The van der Waals surface area contributed by atoms with Gasteiger partial charge in [-0.2, -0.15) is 0 Å². The zero-order valence-corrected chi connectivity index (χ0v) is 14.8. The van der Waals surface area contributed by atoms with Crippen molar-refractivity contribution in [3.63, 3.8) is 0 Å². The second kappa shape index (κ2) is 7.03. The Hall–Kier alpha value is -2.37. The van der Waals surface area contributed by atoms with E-state index in [9.17, 15) is 14.4 Å². The predicted octanol–water partition coefficient (Wildman–Crippen LogP) is 2.44. The Morgan fingerprint density at radius 2 is 1.88 bits per heavy atom. The summed E-state index contributed by atoms with van der Waals surface area (Å²) >= 11 is 0. The molecule has 0 saturated carbocycles. The normalized spacial score (nSPS) is 12.8. The number of aromatic amines is 1. The van der Waals surface area contributed by atoms with Crippen molar-refractivity contribution in [3.05, 3.63) is 44.6 Å². The van der Waals surface area contributed by atoms with Crippen molar-refractivity contribution in [3.8, 4) is 0 Å². The minimum Gasteiger partial charge on any atom is -0.349 e. The van der Waals surface area contributed by atoms with Gasteiger partial charge in [0, 0.05) is 17.6 Å². The first kappa shape index (κ1) is 18.0. The van der Waals surface area contributed by atoms with Gasteiger partial charge in [0.15, 0.2) is 0 Å². The second-order valence-corrected chi connectivity index (χ2v) is 6.69. The molecular weight excluding hydrogens is 306 g/mol. The number of nitrogens with zero attached hydrogens (tertiary/aromatic N) is 1. The van der Waals surface area contributed by atoms with Crippen LogP contribution in [0.25, 0.3) is 10.9 Å². The fourth-order valence-corrected chi connectivity index (χ4v) is 2.83. The smallest absolute Gasteiger partial charge is 0.329 e. The highest BCUT2D eigenvalue weighted by atomic mass is 16.2. The van der Waals surface area contributed by atoms with Gasteiger partial charge in [0.1, 0.15) is 0 Å². The van der Waals surface area contributed by atoms with Crippen LogP contribution in [0.1, 0.15) is 57.4 Å². The molecule has 0 radical (unpaired) electrons. The molecule has 0 spiro atoms. The second-order valence-electron chi connectivity index (χ2n) is 6.69. The summed E-state index contributed by atoms with van der Waals surface area (Å²) in [6.45, 7) is 9.70. The van der Waals surface area contributed by atoms with Crippen LogP contribution < -0.4 is 16.6 Å². The van der Waals surface area contributed by atoms with Crippen LogP contribution in [0.2, 0.25) is 0 Å². The van der Waals surface area contributed by atoms with Gasteiger partial charge in [-0.25, -0.2) is 4.79 Å². The van der Waals surface area contributed by atoms with Crippen molar-refractivity contribution in [1.29, 1.82) is 0 Å². The lowest BCUT2D eigenvalue weighted by molar-refractivity contribution is 0.0924. The van der Waals surface area contributed by atoms with Crippen LogP contribution in [0.15, 0.2) is 27.8 Å². The van der Waals surface area contributed by atoms with Crippen molar-refractivity contribution < 1.29 is 4.79 Å². The monoisotopic (exact) mass is 331 g/mol. The molecular formula is C18H25N3O3. The van der Waals surface area contributed by atoms with E-state index in [1.807, 2.05) is 6.92 Å². The molecule has 1 aromatic heterocycles. The Kier molecular flexibility index (Phi) is 5.26. The number of hydrogen-bond donors (Lipinski definition) is 2. The molecule has 0 bridgehead atoms. The number of carbonyl (C=O) groups excluding carboxylic acids is 1. The predicted molar refractivity (Wildman–Crippen MR) is 95.6 cm³/mol. The Bertz CT molecular complexity index is 862. The molecule has 0 aliphatic heterocycles. The highest BCUT2D eigenvalue weighted by molar-refractivity contribution is 5.97. The molecule has 24 heavy (non-hydrogen) atoms. The molecule has 1 heterocycles. The molecule has 130 valence electrons. The Labute approximate surface area is 140 Å². The fraction of sp³-hybridized carbons (Fsp3) is 0.500. The van der Waals surface area contributed by atoms with Gasteiger partial charge < -0.3 is 10.3 Å². The summed E-state index contributed by atoms with van der Waals surface area (Å²) < 4.78 is 1.17. The molecule has 2 N–H and O–H groups in total. The number of rotatable bonds is 5. The van der Waals surface area contributed by atoms with E-state index in [0.717, 1.165) is 6.42 Å². The molecule has 0 saturated heterocycles. The number of carbonyl (C=O) groups is 1. The molecule has 2 rings (SSSR count). The fourth-order valence-electron chi connectivity index (χ4n) is 2.83. The third kappa shape index (κ3) is 3.42. The molecule has 1 atom stereocenters. The van der Waals surface area contributed by atoms with E-state index in [-0.39, 0.29) is 23.6 Å². The van der Waals surface area contributed by atoms with Crippen LogP contribution in [0.5, 0.6) is 0 Å². The van der Waals surface area contributed by atoms with E-state index in [2.05, 4.69) is 24.1 Å². The minimum absolute atomic E-state index is 0.0844. The largest absolute Gasteiger partial charge is 0.349 e. The van der Waals surface area contributed by atoms with E-state index in [4.69, 9.17) is 0 Å². The first-order valence-corrected chi connectivity index (χ1v) is 8.35. The van der Waals surface area contributed by atoms with E-state index in [1.165, 1.54) is 4.57 Å². The summed E-state index contributed by atoms with van der Waals surface area (Å²) in [7, 11) is 0. The van der Waals surface area contributed by atoms with Gasteiger partial charge in [0.05, 0.1) is 10.9 Å². The maximum atomic E-state index is 12.4. The van der Waals surface area contributed by atoms with Gasteiger partial charge in [-0.05, 0) is 44.4 Å². The molecule has 1 aromatic carbocycles. The molecule has 2 aromatic rings. The Balaban J connectivity index is 2.46. The SMILES string of the molecule is CC[C@@H](NC(=O)c1ccc2c(=O)n(C(C)C)c(=O)[nH]c2c1)C(C)C. The lowest BCUT2D eigenvalue weighted by Gasteiger charge is -2.20. The zero-order chi connectivity index (χ0) is 18.0. The van der Waals surface area contributed by atoms with Gasteiger partial charge in [-0.1, -0.05) is 20.8 Å². The minimum atomic E-state index is -0.464.